The lowest BCUT2D eigenvalue weighted by atomic mass is 10.4. The fourth-order valence-electron chi connectivity index (χ4n) is 1.68. The Hall–Kier alpha value is -2.02. The molecule has 0 saturated carbocycles. The molecule has 7 heteroatoms. The van der Waals surface area contributed by atoms with E-state index in [9.17, 15) is 0 Å². The van der Waals surface area contributed by atoms with E-state index in [1.165, 1.54) is 0 Å². The average Bonchev–Trinajstić information content (AvgIpc) is 2.91. The van der Waals surface area contributed by atoms with E-state index in [0.29, 0.717) is 5.65 Å². The Balaban J connectivity index is 2.18. The van der Waals surface area contributed by atoms with Gasteiger partial charge in [0.1, 0.15) is 17.7 Å². The van der Waals surface area contributed by atoms with Gasteiger partial charge in [-0.15, -0.1) is 10.2 Å². The third-order valence-corrected chi connectivity index (χ3v) is 2.50. The summed E-state index contributed by atoms with van der Waals surface area (Å²) in [6, 6.07) is 0. The van der Waals surface area contributed by atoms with Crippen molar-refractivity contribution in [2.45, 2.75) is 6.42 Å². The minimum absolute atomic E-state index is 0.667. The predicted molar refractivity (Wildman–Crippen MR) is 58.1 cm³/mol. The molecule has 0 unspecified atom stereocenters. The quantitative estimate of drug-likeness (QED) is 0.632. The number of imidazole rings is 1. The van der Waals surface area contributed by atoms with Gasteiger partial charge in [-0.05, 0) is 7.05 Å². The number of hydrogen-bond donors (Lipinski definition) is 2. The first-order valence-electron chi connectivity index (χ1n) is 5.06. The van der Waals surface area contributed by atoms with E-state index in [0.717, 1.165) is 30.0 Å². The van der Waals surface area contributed by atoms with Gasteiger partial charge in [0, 0.05) is 13.0 Å². The molecule has 7 nitrogen and oxygen atoms in total. The highest BCUT2D eigenvalue weighted by Crippen LogP contribution is 2.12. The number of aromatic amines is 1. The minimum Gasteiger partial charge on any atom is -0.340 e. The van der Waals surface area contributed by atoms with Crippen LogP contribution in [0.2, 0.25) is 0 Å². The Morgan fingerprint density at radius 3 is 3.19 bits per heavy atom. The molecule has 3 aromatic rings. The van der Waals surface area contributed by atoms with Gasteiger partial charge >= 0.3 is 0 Å². The summed E-state index contributed by atoms with van der Waals surface area (Å²) in [6.07, 6.45) is 4.14. The molecule has 3 heterocycles. The third-order valence-electron chi connectivity index (χ3n) is 2.50. The van der Waals surface area contributed by atoms with Gasteiger partial charge in [0.15, 0.2) is 11.3 Å². The first-order valence-corrected chi connectivity index (χ1v) is 5.06. The zero-order valence-corrected chi connectivity index (χ0v) is 8.80. The van der Waals surface area contributed by atoms with Gasteiger partial charge in [0.2, 0.25) is 0 Å². The zero-order chi connectivity index (χ0) is 11.0. The summed E-state index contributed by atoms with van der Waals surface area (Å²) < 4.78 is 1.89. The van der Waals surface area contributed by atoms with Gasteiger partial charge < -0.3 is 10.3 Å². The molecule has 0 saturated heterocycles. The molecule has 16 heavy (non-hydrogen) atoms. The smallest absolute Gasteiger partial charge is 0.189 e. The molecule has 0 amide bonds. The highest BCUT2D eigenvalue weighted by molar-refractivity contribution is 5.84. The van der Waals surface area contributed by atoms with Crippen LogP contribution in [0.3, 0.4) is 0 Å². The molecule has 2 N–H and O–H groups in total. The van der Waals surface area contributed by atoms with Crippen LogP contribution in [0.4, 0.5) is 0 Å². The van der Waals surface area contributed by atoms with Crippen LogP contribution in [0.25, 0.3) is 16.8 Å². The molecule has 0 fully saturated rings. The van der Waals surface area contributed by atoms with Crippen molar-refractivity contribution in [3.05, 3.63) is 18.5 Å². The molecule has 3 rings (SSSR count). The molecular weight excluding hydrogens is 206 g/mol. The number of fused-ring (bicyclic) bond motifs is 3. The fraction of sp³-hybridized carbons (Fsp3) is 0.333. The number of nitrogens with one attached hydrogen (secondary N) is 2. The topological polar surface area (TPSA) is 83.8 Å². The minimum atomic E-state index is 0.667. The Kier molecular flexibility index (Phi) is 2.03. The van der Waals surface area contributed by atoms with Crippen LogP contribution >= 0.6 is 0 Å². The summed E-state index contributed by atoms with van der Waals surface area (Å²) in [6.45, 7) is 0.863. The van der Waals surface area contributed by atoms with E-state index < -0.39 is 0 Å². The Morgan fingerprint density at radius 1 is 1.38 bits per heavy atom. The number of hydrogen-bond acceptors (Lipinski definition) is 5. The largest absolute Gasteiger partial charge is 0.340 e. The summed E-state index contributed by atoms with van der Waals surface area (Å²) >= 11 is 0. The highest BCUT2D eigenvalue weighted by atomic mass is 15.3. The first kappa shape index (κ1) is 9.22. The molecule has 0 aliphatic carbocycles. The van der Waals surface area contributed by atoms with E-state index in [-0.39, 0.29) is 0 Å². The number of nitrogens with zero attached hydrogens (tertiary/aromatic N) is 5. The molecule has 0 radical (unpaired) electrons. The van der Waals surface area contributed by atoms with Crippen molar-refractivity contribution in [2.75, 3.05) is 13.6 Å². The first-order chi connectivity index (χ1) is 7.90. The molecule has 82 valence electrons. The molecule has 0 aliphatic rings. The predicted octanol–water partition coefficient (Wildman–Crippen LogP) is -0.238. The lowest BCUT2D eigenvalue weighted by Crippen LogP contribution is -2.12. The molecule has 0 atom stereocenters. The van der Waals surface area contributed by atoms with Crippen LogP contribution in [0.5, 0.6) is 0 Å². The van der Waals surface area contributed by atoms with Crippen molar-refractivity contribution in [1.82, 2.24) is 34.9 Å². The molecular formula is C9H11N7. The molecule has 0 aromatic carbocycles. The van der Waals surface area contributed by atoms with Gasteiger partial charge in [-0.25, -0.2) is 9.97 Å². The van der Waals surface area contributed by atoms with Gasteiger partial charge in [-0.2, -0.15) is 0 Å². The second kappa shape index (κ2) is 3.53. The van der Waals surface area contributed by atoms with E-state index in [1.54, 1.807) is 12.7 Å². The van der Waals surface area contributed by atoms with E-state index in [2.05, 4.69) is 30.5 Å². The summed E-state index contributed by atoms with van der Waals surface area (Å²) in [5.41, 5.74) is 2.26. The SMILES string of the molecule is CNCCc1nnc2c3[nH]cnc3ncn12. The van der Waals surface area contributed by atoms with E-state index in [1.807, 2.05) is 11.4 Å². The lowest BCUT2D eigenvalue weighted by molar-refractivity contribution is 0.745. The molecule has 3 aromatic heterocycles. The van der Waals surface area contributed by atoms with Crippen LogP contribution in [0.15, 0.2) is 12.7 Å². The van der Waals surface area contributed by atoms with E-state index >= 15 is 0 Å². The maximum absolute atomic E-state index is 4.23. The van der Waals surface area contributed by atoms with Crippen molar-refractivity contribution in [3.63, 3.8) is 0 Å². The molecule has 0 spiro atoms. The van der Waals surface area contributed by atoms with Crippen molar-refractivity contribution >= 4 is 16.8 Å². The highest BCUT2D eigenvalue weighted by Gasteiger charge is 2.10. The summed E-state index contributed by atoms with van der Waals surface area (Å²) in [5, 5.41) is 11.4. The van der Waals surface area contributed by atoms with Gasteiger partial charge in [0.05, 0.1) is 6.33 Å². The Morgan fingerprint density at radius 2 is 2.31 bits per heavy atom. The van der Waals surface area contributed by atoms with Crippen molar-refractivity contribution in [3.8, 4) is 0 Å². The van der Waals surface area contributed by atoms with Crippen LogP contribution in [-0.4, -0.2) is 43.1 Å². The van der Waals surface area contributed by atoms with Gasteiger partial charge in [-0.3, -0.25) is 4.40 Å². The van der Waals surface area contributed by atoms with Gasteiger partial charge in [0.25, 0.3) is 0 Å². The van der Waals surface area contributed by atoms with Gasteiger partial charge in [-0.1, -0.05) is 0 Å². The molecule has 0 aliphatic heterocycles. The number of rotatable bonds is 3. The lowest BCUT2D eigenvalue weighted by Gasteiger charge is -1.98. The van der Waals surface area contributed by atoms with Crippen molar-refractivity contribution in [2.24, 2.45) is 0 Å². The number of H-pyrrole nitrogens is 1. The Labute approximate surface area is 90.9 Å². The maximum atomic E-state index is 4.23. The van der Waals surface area contributed by atoms with Crippen molar-refractivity contribution in [1.29, 1.82) is 0 Å². The standard InChI is InChI=1S/C9H11N7/c1-10-3-2-6-14-15-9-7-8(12-4-11-7)13-5-16(6)9/h4-5,10H,2-3H2,1H3,(H,11,12). The fourth-order valence-corrected chi connectivity index (χ4v) is 1.68. The summed E-state index contributed by atoms with van der Waals surface area (Å²) in [4.78, 5) is 11.3. The van der Waals surface area contributed by atoms with E-state index in [4.69, 9.17) is 0 Å². The summed E-state index contributed by atoms with van der Waals surface area (Å²) in [7, 11) is 1.91. The average molecular weight is 217 g/mol. The van der Waals surface area contributed by atoms with Crippen LogP contribution < -0.4 is 5.32 Å². The Bertz CT molecular complexity index is 623. The van der Waals surface area contributed by atoms with Crippen molar-refractivity contribution < 1.29 is 0 Å². The number of aromatic nitrogens is 6. The number of likely N-dealkylation sites (N-methyl/N-ethyl adjacent to an activating group) is 1. The second-order valence-corrected chi connectivity index (χ2v) is 3.51. The third kappa shape index (κ3) is 1.25. The maximum Gasteiger partial charge on any atom is 0.189 e. The monoisotopic (exact) mass is 217 g/mol. The normalized spacial score (nSPS) is 11.6. The van der Waals surface area contributed by atoms with Crippen LogP contribution in [-0.2, 0) is 6.42 Å². The molecule has 0 bridgehead atoms. The van der Waals surface area contributed by atoms with Crippen LogP contribution in [0, 0.1) is 0 Å². The summed E-state index contributed by atoms with van der Waals surface area (Å²) in [5.74, 6) is 0.897. The zero-order valence-electron chi connectivity index (χ0n) is 8.80. The van der Waals surface area contributed by atoms with Crippen LogP contribution in [0.1, 0.15) is 5.82 Å². The second-order valence-electron chi connectivity index (χ2n) is 3.51.